The minimum Gasteiger partial charge on any atom is -0.471 e. The van der Waals surface area contributed by atoms with E-state index in [-0.39, 0.29) is 28.6 Å². The van der Waals surface area contributed by atoms with Crippen molar-refractivity contribution in [3.05, 3.63) is 86.4 Å². The molecule has 2 aromatic carbocycles. The Kier molecular flexibility index (Phi) is 7.07. The fraction of sp³-hybridized carbons (Fsp3) is 0.182. The predicted molar refractivity (Wildman–Crippen MR) is 116 cm³/mol. The van der Waals surface area contributed by atoms with E-state index in [2.05, 4.69) is 10.3 Å². The van der Waals surface area contributed by atoms with Gasteiger partial charge in [-0.2, -0.15) is 0 Å². The Morgan fingerprint density at radius 3 is 2.64 bits per heavy atom. The van der Waals surface area contributed by atoms with Crippen LogP contribution < -0.4 is 21.3 Å². The molecule has 0 spiro atoms. The van der Waals surface area contributed by atoms with Gasteiger partial charge in [-0.15, -0.1) is 0 Å². The van der Waals surface area contributed by atoms with Gasteiger partial charge in [-0.25, -0.2) is 13.8 Å². The van der Waals surface area contributed by atoms with Crippen molar-refractivity contribution in [2.75, 3.05) is 0 Å². The first-order valence-corrected chi connectivity index (χ1v) is 10.0. The van der Waals surface area contributed by atoms with Gasteiger partial charge in [0.05, 0.1) is 5.69 Å². The largest absolute Gasteiger partial charge is 0.471 e. The highest BCUT2D eigenvalue weighted by Gasteiger charge is 2.18. The van der Waals surface area contributed by atoms with Gasteiger partial charge in [-0.1, -0.05) is 17.7 Å². The molecule has 0 saturated carbocycles. The summed E-state index contributed by atoms with van der Waals surface area (Å²) in [5.41, 5.74) is 5.67. The topological polar surface area (TPSA) is 116 Å². The molecule has 0 aliphatic rings. The Balaban J connectivity index is 1.88. The molecule has 0 saturated heterocycles. The van der Waals surface area contributed by atoms with Gasteiger partial charge in [-0.3, -0.25) is 19.0 Å². The Labute approximate surface area is 192 Å². The van der Waals surface area contributed by atoms with E-state index in [1.165, 1.54) is 25.1 Å². The number of nitrogens with zero attached hydrogens (tertiary/aromatic N) is 2. The lowest BCUT2D eigenvalue weighted by Gasteiger charge is -2.14. The van der Waals surface area contributed by atoms with Crippen LogP contribution >= 0.6 is 11.6 Å². The number of nitrogens with one attached hydrogen (secondary N) is 1. The van der Waals surface area contributed by atoms with Crippen molar-refractivity contribution in [2.45, 2.75) is 26.5 Å². The van der Waals surface area contributed by atoms with Crippen LogP contribution in [-0.4, -0.2) is 27.4 Å². The van der Waals surface area contributed by atoms with Crippen molar-refractivity contribution in [3.8, 4) is 11.6 Å². The van der Waals surface area contributed by atoms with Crippen LogP contribution in [0.1, 0.15) is 28.4 Å². The number of hydrogen-bond donors (Lipinski definition) is 2. The Bertz CT molecular complexity index is 1300. The molecule has 3 N–H and O–H groups in total. The number of amides is 2. The second-order valence-electron chi connectivity index (χ2n) is 7.16. The number of halogens is 3. The predicted octanol–water partition coefficient (Wildman–Crippen LogP) is 2.66. The lowest BCUT2D eigenvalue weighted by atomic mass is 10.1. The van der Waals surface area contributed by atoms with Gasteiger partial charge in [-0.05, 0) is 43.7 Å². The number of aryl methyl sites for hydroxylation is 1. The molecule has 3 rings (SSSR count). The van der Waals surface area contributed by atoms with Crippen LogP contribution in [0.4, 0.5) is 8.78 Å². The summed E-state index contributed by atoms with van der Waals surface area (Å²) >= 11 is 6.13. The highest BCUT2D eigenvalue weighted by molar-refractivity contribution is 6.31. The molecule has 0 unspecified atom stereocenters. The molecule has 0 aliphatic carbocycles. The molecule has 1 heterocycles. The zero-order chi connectivity index (χ0) is 24.3. The van der Waals surface area contributed by atoms with Crippen molar-refractivity contribution in [1.82, 2.24) is 14.9 Å². The van der Waals surface area contributed by atoms with Crippen LogP contribution in [0.25, 0.3) is 5.69 Å². The van der Waals surface area contributed by atoms with Crippen molar-refractivity contribution >= 4 is 23.4 Å². The number of nitrogens with two attached hydrogens (primary N) is 1. The van der Waals surface area contributed by atoms with E-state index in [1.807, 2.05) is 0 Å². The van der Waals surface area contributed by atoms with E-state index >= 15 is 0 Å². The smallest absolute Gasteiger partial charge is 0.280 e. The lowest BCUT2D eigenvalue weighted by molar-refractivity contribution is -0.119. The van der Waals surface area contributed by atoms with Crippen LogP contribution in [0.15, 0.2) is 47.5 Å². The van der Waals surface area contributed by atoms with Crippen molar-refractivity contribution in [1.29, 1.82) is 0 Å². The number of ether oxygens (including phenoxy) is 1. The molecule has 0 fully saturated rings. The van der Waals surface area contributed by atoms with Crippen molar-refractivity contribution in [3.63, 3.8) is 0 Å². The SMILES string of the molecule is Cc1ccc(C(=O)N[C@@H](C)C(N)=O)cc1-n1cnc(OCc2ccc(F)cc2F)c(Cl)c1=O. The number of hydrogen-bond acceptors (Lipinski definition) is 5. The van der Waals surface area contributed by atoms with E-state index < -0.39 is 35.0 Å². The van der Waals surface area contributed by atoms with Gasteiger partial charge in [0, 0.05) is 17.2 Å². The first-order chi connectivity index (χ1) is 15.6. The van der Waals surface area contributed by atoms with E-state index in [0.29, 0.717) is 17.3 Å². The summed E-state index contributed by atoms with van der Waals surface area (Å²) in [6, 6.07) is 6.68. The zero-order valence-corrected chi connectivity index (χ0v) is 18.3. The first kappa shape index (κ1) is 23.9. The molecule has 0 bridgehead atoms. The summed E-state index contributed by atoms with van der Waals surface area (Å²) in [4.78, 5) is 40.5. The second kappa shape index (κ2) is 9.78. The Hall–Kier alpha value is -3.79. The monoisotopic (exact) mass is 476 g/mol. The minimum absolute atomic E-state index is 0.0539. The zero-order valence-electron chi connectivity index (χ0n) is 17.6. The Morgan fingerprint density at radius 1 is 1.24 bits per heavy atom. The summed E-state index contributed by atoms with van der Waals surface area (Å²) in [6.07, 6.45) is 1.15. The average Bonchev–Trinajstić information content (AvgIpc) is 2.76. The summed E-state index contributed by atoms with van der Waals surface area (Å²) in [5.74, 6) is -3.03. The number of carbonyl (C=O) groups excluding carboxylic acids is 2. The number of rotatable bonds is 7. The maximum atomic E-state index is 13.8. The van der Waals surface area contributed by atoms with Gasteiger partial charge in [0.2, 0.25) is 11.8 Å². The fourth-order valence-electron chi connectivity index (χ4n) is 2.83. The van der Waals surface area contributed by atoms with E-state index in [9.17, 15) is 23.2 Å². The molecule has 8 nitrogen and oxygen atoms in total. The first-order valence-electron chi connectivity index (χ1n) is 9.63. The van der Waals surface area contributed by atoms with Gasteiger partial charge >= 0.3 is 0 Å². The van der Waals surface area contributed by atoms with Crippen molar-refractivity contribution < 1.29 is 23.1 Å². The van der Waals surface area contributed by atoms with Gasteiger partial charge in [0.1, 0.15) is 30.6 Å². The summed E-state index contributed by atoms with van der Waals surface area (Å²) in [7, 11) is 0. The second-order valence-corrected chi connectivity index (χ2v) is 7.54. The van der Waals surface area contributed by atoms with E-state index in [4.69, 9.17) is 22.1 Å². The molecule has 11 heteroatoms. The minimum atomic E-state index is -0.886. The molecule has 33 heavy (non-hydrogen) atoms. The standard InChI is InChI=1S/C22H19ClF2N4O4/c1-11-3-4-13(20(31)28-12(2)19(26)30)7-17(11)29-10-27-21(18(23)22(29)32)33-9-14-5-6-15(24)8-16(14)25/h3-8,10,12H,9H2,1-2H3,(H2,26,30)(H,28,31)/t12-/m0/s1. The molecule has 3 aromatic rings. The highest BCUT2D eigenvalue weighted by atomic mass is 35.5. The van der Waals surface area contributed by atoms with Gasteiger partial charge in [0.15, 0.2) is 5.02 Å². The van der Waals surface area contributed by atoms with Crippen molar-refractivity contribution in [2.24, 2.45) is 5.73 Å². The van der Waals surface area contributed by atoms with Gasteiger partial charge in [0.25, 0.3) is 11.5 Å². The number of primary amides is 1. The molecule has 2 amide bonds. The number of benzene rings is 2. The molecular formula is C22H19ClF2N4O4. The molecule has 1 atom stereocenters. The van der Waals surface area contributed by atoms with Crippen LogP contribution in [0, 0.1) is 18.6 Å². The van der Waals surface area contributed by atoms with Crippen LogP contribution in [0.2, 0.25) is 5.02 Å². The molecule has 0 radical (unpaired) electrons. The third-order valence-electron chi connectivity index (χ3n) is 4.77. The van der Waals surface area contributed by atoms with Gasteiger partial charge < -0.3 is 15.8 Å². The molecule has 172 valence electrons. The van der Waals surface area contributed by atoms with Crippen LogP contribution in [0.5, 0.6) is 5.88 Å². The van der Waals surface area contributed by atoms with E-state index in [1.54, 1.807) is 13.0 Å². The summed E-state index contributed by atoms with van der Waals surface area (Å²) < 4.78 is 33.3. The Morgan fingerprint density at radius 2 is 1.97 bits per heavy atom. The quantitative estimate of drug-likeness (QED) is 0.544. The normalized spacial score (nSPS) is 11.7. The van der Waals surface area contributed by atoms with Crippen LogP contribution in [-0.2, 0) is 11.4 Å². The van der Waals surface area contributed by atoms with E-state index in [0.717, 1.165) is 17.0 Å². The molecule has 0 aliphatic heterocycles. The fourth-order valence-corrected chi connectivity index (χ4v) is 3.03. The average molecular weight is 477 g/mol. The highest BCUT2D eigenvalue weighted by Crippen LogP contribution is 2.22. The molecule has 1 aromatic heterocycles. The summed E-state index contributed by atoms with van der Waals surface area (Å²) in [5, 5.41) is 2.09. The third-order valence-corrected chi connectivity index (χ3v) is 5.09. The maximum absolute atomic E-state index is 13.8. The number of aromatic nitrogens is 2. The maximum Gasteiger partial charge on any atom is 0.280 e. The molecular weight excluding hydrogens is 458 g/mol. The lowest BCUT2D eigenvalue weighted by Crippen LogP contribution is -2.42. The number of carbonyl (C=O) groups is 2. The summed E-state index contributed by atoms with van der Waals surface area (Å²) in [6.45, 7) is 2.83. The van der Waals surface area contributed by atoms with Crippen LogP contribution in [0.3, 0.4) is 0 Å². The third kappa shape index (κ3) is 5.35.